The molecule has 2 aromatic rings. The Bertz CT molecular complexity index is 1080. The molecule has 1 saturated heterocycles. The Morgan fingerprint density at radius 1 is 1.03 bits per heavy atom. The fourth-order valence-electron chi connectivity index (χ4n) is 4.89. The van der Waals surface area contributed by atoms with E-state index in [1.807, 2.05) is 41.3 Å². The van der Waals surface area contributed by atoms with E-state index >= 15 is 0 Å². The third-order valence-corrected chi connectivity index (χ3v) is 6.71. The molecule has 5 rings (SSSR count). The molecule has 3 aliphatic rings. The SMILES string of the molecule is C#Cc1ccccc1C1(O)CCN(C2=NC(=O)C3(CCc4ccccc4C3)O2)CC1. The van der Waals surface area contributed by atoms with Gasteiger partial charge in [0.25, 0.3) is 11.9 Å². The minimum Gasteiger partial charge on any atom is -0.448 e. The molecule has 1 atom stereocenters. The second kappa shape index (κ2) is 7.00. The number of rotatable bonds is 1. The first-order chi connectivity index (χ1) is 14.5. The van der Waals surface area contributed by atoms with Crippen LogP contribution in [0, 0.1) is 12.3 Å². The molecule has 5 heteroatoms. The number of aliphatic imine (C=N–C) groups is 1. The Kier molecular flexibility index (Phi) is 4.41. The minimum atomic E-state index is -0.982. The summed E-state index contributed by atoms with van der Waals surface area (Å²) >= 11 is 0. The van der Waals surface area contributed by atoms with Gasteiger partial charge in [0.05, 0.1) is 5.60 Å². The van der Waals surface area contributed by atoms with E-state index in [0.29, 0.717) is 44.8 Å². The Balaban J connectivity index is 1.30. The highest BCUT2D eigenvalue weighted by molar-refractivity contribution is 6.01. The third-order valence-electron chi connectivity index (χ3n) is 6.71. The summed E-state index contributed by atoms with van der Waals surface area (Å²) in [4.78, 5) is 19.1. The van der Waals surface area contributed by atoms with Crippen LogP contribution in [0.1, 0.15) is 41.5 Å². The molecule has 0 saturated carbocycles. The van der Waals surface area contributed by atoms with Crippen molar-refractivity contribution in [3.05, 3.63) is 70.8 Å². The Labute approximate surface area is 176 Å². The normalized spacial score (nSPS) is 24.7. The van der Waals surface area contributed by atoms with Gasteiger partial charge in [-0.2, -0.15) is 4.99 Å². The lowest BCUT2D eigenvalue weighted by atomic mass is 9.80. The van der Waals surface area contributed by atoms with Crippen LogP contribution in [0.3, 0.4) is 0 Å². The van der Waals surface area contributed by atoms with Crippen molar-refractivity contribution in [1.29, 1.82) is 0 Å². The van der Waals surface area contributed by atoms with Crippen LogP contribution in [0.15, 0.2) is 53.5 Å². The van der Waals surface area contributed by atoms with Crippen LogP contribution in [0.5, 0.6) is 0 Å². The molecule has 1 amide bonds. The van der Waals surface area contributed by atoms with Gasteiger partial charge in [-0.05, 0) is 42.0 Å². The number of aryl methyl sites for hydroxylation is 1. The Morgan fingerprint density at radius 3 is 2.50 bits per heavy atom. The molecule has 2 aliphatic heterocycles. The van der Waals surface area contributed by atoms with Crippen molar-refractivity contribution in [2.45, 2.75) is 43.3 Å². The summed E-state index contributed by atoms with van der Waals surface area (Å²) in [6.07, 6.45) is 8.63. The molecule has 0 aromatic heterocycles. The molecule has 1 N–H and O–H groups in total. The Hall–Kier alpha value is -3.10. The van der Waals surface area contributed by atoms with Gasteiger partial charge in [-0.15, -0.1) is 6.42 Å². The summed E-state index contributed by atoms with van der Waals surface area (Å²) in [6.45, 7) is 1.10. The van der Waals surface area contributed by atoms with E-state index in [0.717, 1.165) is 23.1 Å². The van der Waals surface area contributed by atoms with Crippen LogP contribution in [0.25, 0.3) is 0 Å². The maximum Gasteiger partial charge on any atom is 0.296 e. The molecule has 2 heterocycles. The van der Waals surface area contributed by atoms with Crippen LogP contribution in [-0.2, 0) is 28.0 Å². The summed E-state index contributed by atoms with van der Waals surface area (Å²) in [5.41, 5.74) is 2.09. The highest BCUT2D eigenvalue weighted by Gasteiger charge is 2.50. The fraction of sp³-hybridized carbons (Fsp3) is 0.360. The number of carbonyl (C=O) groups is 1. The van der Waals surface area contributed by atoms with Gasteiger partial charge in [-0.1, -0.05) is 48.4 Å². The maximum absolute atomic E-state index is 12.8. The monoisotopic (exact) mass is 400 g/mol. The fourth-order valence-corrected chi connectivity index (χ4v) is 4.89. The van der Waals surface area contributed by atoms with E-state index in [1.54, 1.807) is 0 Å². The number of benzene rings is 2. The zero-order valence-corrected chi connectivity index (χ0v) is 16.8. The van der Waals surface area contributed by atoms with E-state index in [2.05, 4.69) is 23.0 Å². The molecule has 1 aliphatic carbocycles. The molecule has 5 nitrogen and oxygen atoms in total. The number of likely N-dealkylation sites (tertiary alicyclic amines) is 1. The molecule has 0 radical (unpaired) electrons. The third kappa shape index (κ3) is 3.00. The summed E-state index contributed by atoms with van der Waals surface area (Å²) in [6, 6.07) is 16.1. The predicted molar refractivity (Wildman–Crippen MR) is 114 cm³/mol. The lowest BCUT2D eigenvalue weighted by Gasteiger charge is -2.40. The Morgan fingerprint density at radius 2 is 1.73 bits per heavy atom. The molecule has 2 aromatic carbocycles. The highest BCUT2D eigenvalue weighted by atomic mass is 16.5. The van der Waals surface area contributed by atoms with E-state index < -0.39 is 11.2 Å². The molecule has 0 bridgehead atoms. The maximum atomic E-state index is 12.8. The van der Waals surface area contributed by atoms with Crippen molar-refractivity contribution in [3.8, 4) is 12.3 Å². The van der Waals surface area contributed by atoms with Crippen LogP contribution >= 0.6 is 0 Å². The zero-order chi connectivity index (χ0) is 20.8. The average Bonchev–Trinajstić information content (AvgIpc) is 3.09. The smallest absolute Gasteiger partial charge is 0.296 e. The standard InChI is InChI=1S/C25H24N2O3/c1-2-18-7-5-6-10-21(18)24(29)13-15-27(16-14-24)23-26-22(28)25(30-23)12-11-19-8-3-4-9-20(19)17-25/h1,3-10,29H,11-17H2. The first-order valence-corrected chi connectivity index (χ1v) is 10.5. The van der Waals surface area contributed by atoms with Crippen molar-refractivity contribution in [3.63, 3.8) is 0 Å². The number of hydrogen-bond donors (Lipinski definition) is 1. The van der Waals surface area contributed by atoms with Crippen LogP contribution in [0.2, 0.25) is 0 Å². The number of amides is 1. The largest absolute Gasteiger partial charge is 0.448 e. The predicted octanol–water partition coefficient (Wildman–Crippen LogP) is 2.79. The van der Waals surface area contributed by atoms with Gasteiger partial charge in [0, 0.05) is 31.5 Å². The van der Waals surface area contributed by atoms with E-state index in [1.165, 1.54) is 5.56 Å². The molecule has 1 fully saturated rings. The molecule has 30 heavy (non-hydrogen) atoms. The number of aliphatic hydroxyl groups is 1. The van der Waals surface area contributed by atoms with Gasteiger partial charge < -0.3 is 14.7 Å². The molecular formula is C25H24N2O3. The van der Waals surface area contributed by atoms with Crippen LogP contribution in [0.4, 0.5) is 0 Å². The lowest BCUT2D eigenvalue weighted by molar-refractivity contribution is -0.132. The zero-order valence-electron chi connectivity index (χ0n) is 16.8. The van der Waals surface area contributed by atoms with Crippen molar-refractivity contribution in [2.24, 2.45) is 4.99 Å². The first kappa shape index (κ1) is 18.9. The second-order valence-corrected chi connectivity index (χ2v) is 8.45. The molecular weight excluding hydrogens is 376 g/mol. The number of ether oxygens (including phenoxy) is 1. The van der Waals surface area contributed by atoms with Gasteiger partial charge in [0.1, 0.15) is 0 Å². The molecule has 1 unspecified atom stereocenters. The van der Waals surface area contributed by atoms with Gasteiger partial charge in [0.2, 0.25) is 0 Å². The van der Waals surface area contributed by atoms with Crippen molar-refractivity contribution >= 4 is 11.9 Å². The lowest BCUT2D eigenvalue weighted by Crippen LogP contribution is -2.48. The molecule has 152 valence electrons. The minimum absolute atomic E-state index is 0.189. The summed E-state index contributed by atoms with van der Waals surface area (Å²) in [5, 5.41) is 11.2. The summed E-state index contributed by atoms with van der Waals surface area (Å²) in [5.74, 6) is 2.48. The summed E-state index contributed by atoms with van der Waals surface area (Å²) < 4.78 is 6.23. The van der Waals surface area contributed by atoms with Gasteiger partial charge >= 0.3 is 0 Å². The number of piperidine rings is 1. The molecule has 1 spiro atoms. The van der Waals surface area contributed by atoms with Crippen molar-refractivity contribution < 1.29 is 14.6 Å². The number of terminal acetylenes is 1. The number of carbonyl (C=O) groups excluding carboxylic acids is 1. The van der Waals surface area contributed by atoms with Gasteiger partial charge in [0.15, 0.2) is 5.60 Å². The van der Waals surface area contributed by atoms with Crippen molar-refractivity contribution in [2.75, 3.05) is 13.1 Å². The van der Waals surface area contributed by atoms with E-state index in [-0.39, 0.29) is 5.91 Å². The number of hydrogen-bond acceptors (Lipinski definition) is 4. The van der Waals surface area contributed by atoms with E-state index in [9.17, 15) is 9.90 Å². The second-order valence-electron chi connectivity index (χ2n) is 8.45. The number of amidine groups is 1. The van der Waals surface area contributed by atoms with Crippen LogP contribution in [-0.4, -0.2) is 40.6 Å². The van der Waals surface area contributed by atoms with Gasteiger partial charge in [-0.3, -0.25) is 4.79 Å². The van der Waals surface area contributed by atoms with Crippen LogP contribution < -0.4 is 0 Å². The first-order valence-electron chi connectivity index (χ1n) is 10.5. The van der Waals surface area contributed by atoms with Gasteiger partial charge in [-0.25, -0.2) is 0 Å². The van der Waals surface area contributed by atoms with E-state index in [4.69, 9.17) is 11.2 Å². The summed E-state index contributed by atoms with van der Waals surface area (Å²) in [7, 11) is 0. The average molecular weight is 400 g/mol. The topological polar surface area (TPSA) is 62.1 Å². The number of nitrogens with zero attached hydrogens (tertiary/aromatic N) is 2. The quantitative estimate of drug-likeness (QED) is 0.748. The highest BCUT2D eigenvalue weighted by Crippen LogP contribution is 2.39. The number of fused-ring (bicyclic) bond motifs is 1. The van der Waals surface area contributed by atoms with Crippen molar-refractivity contribution in [1.82, 2.24) is 4.90 Å².